The van der Waals surface area contributed by atoms with Gasteiger partial charge in [0.1, 0.15) is 0 Å². The SMILES string of the molecule is NCC1(NS(=O)(=O)N2CCCCC2)CCCC1. The van der Waals surface area contributed by atoms with Crippen molar-refractivity contribution in [3.05, 3.63) is 0 Å². The summed E-state index contributed by atoms with van der Waals surface area (Å²) in [5, 5.41) is 0. The van der Waals surface area contributed by atoms with Crippen LogP contribution in [0.5, 0.6) is 0 Å². The molecule has 0 unspecified atom stereocenters. The summed E-state index contributed by atoms with van der Waals surface area (Å²) in [5.74, 6) is 0. The first kappa shape index (κ1) is 13.3. The maximum Gasteiger partial charge on any atom is 0.279 e. The van der Waals surface area contributed by atoms with Crippen LogP contribution in [0.15, 0.2) is 0 Å². The highest BCUT2D eigenvalue weighted by molar-refractivity contribution is 7.87. The maximum atomic E-state index is 12.3. The van der Waals surface area contributed by atoms with E-state index in [-0.39, 0.29) is 5.54 Å². The van der Waals surface area contributed by atoms with E-state index >= 15 is 0 Å². The summed E-state index contributed by atoms with van der Waals surface area (Å²) in [6.07, 6.45) is 6.95. The van der Waals surface area contributed by atoms with Crippen molar-refractivity contribution in [2.45, 2.75) is 50.5 Å². The van der Waals surface area contributed by atoms with Crippen LogP contribution in [-0.4, -0.2) is 37.9 Å². The average molecular weight is 261 g/mol. The zero-order valence-electron chi connectivity index (χ0n) is 10.3. The van der Waals surface area contributed by atoms with Gasteiger partial charge < -0.3 is 5.73 Å². The molecule has 2 aliphatic rings. The minimum absolute atomic E-state index is 0.379. The summed E-state index contributed by atoms with van der Waals surface area (Å²) in [4.78, 5) is 0. The Morgan fingerprint density at radius 1 is 1.06 bits per heavy atom. The predicted molar refractivity (Wildman–Crippen MR) is 67.7 cm³/mol. The average Bonchev–Trinajstić information content (AvgIpc) is 2.79. The van der Waals surface area contributed by atoms with Gasteiger partial charge in [-0.2, -0.15) is 17.4 Å². The monoisotopic (exact) mass is 261 g/mol. The van der Waals surface area contributed by atoms with Gasteiger partial charge in [-0.05, 0) is 25.7 Å². The van der Waals surface area contributed by atoms with Crippen molar-refractivity contribution in [1.82, 2.24) is 9.03 Å². The van der Waals surface area contributed by atoms with Gasteiger partial charge in [0.25, 0.3) is 10.2 Å². The molecule has 6 heteroatoms. The second-order valence-electron chi connectivity index (χ2n) is 5.26. The molecular weight excluding hydrogens is 238 g/mol. The second-order valence-corrected chi connectivity index (χ2v) is 6.93. The van der Waals surface area contributed by atoms with Crippen LogP contribution < -0.4 is 10.5 Å². The molecule has 1 heterocycles. The van der Waals surface area contributed by atoms with E-state index in [4.69, 9.17) is 5.73 Å². The smallest absolute Gasteiger partial charge is 0.279 e. The quantitative estimate of drug-likeness (QED) is 0.777. The zero-order valence-corrected chi connectivity index (χ0v) is 11.1. The molecule has 0 amide bonds. The van der Waals surface area contributed by atoms with Crippen molar-refractivity contribution < 1.29 is 8.42 Å². The molecule has 0 radical (unpaired) electrons. The Morgan fingerprint density at radius 3 is 2.18 bits per heavy atom. The first-order chi connectivity index (χ1) is 8.08. The lowest BCUT2D eigenvalue weighted by Crippen LogP contribution is -2.56. The van der Waals surface area contributed by atoms with E-state index in [9.17, 15) is 8.42 Å². The van der Waals surface area contributed by atoms with Gasteiger partial charge in [-0.1, -0.05) is 19.3 Å². The van der Waals surface area contributed by atoms with Crippen LogP contribution in [0, 0.1) is 0 Å². The summed E-state index contributed by atoms with van der Waals surface area (Å²) < 4.78 is 29.0. The van der Waals surface area contributed by atoms with Crippen molar-refractivity contribution in [2.75, 3.05) is 19.6 Å². The van der Waals surface area contributed by atoms with Crippen LogP contribution in [0.3, 0.4) is 0 Å². The van der Waals surface area contributed by atoms with Crippen molar-refractivity contribution in [3.8, 4) is 0 Å². The lowest BCUT2D eigenvalue weighted by molar-refractivity contribution is 0.321. The van der Waals surface area contributed by atoms with Crippen molar-refractivity contribution in [1.29, 1.82) is 0 Å². The van der Waals surface area contributed by atoms with Crippen molar-refractivity contribution in [2.24, 2.45) is 5.73 Å². The molecule has 3 N–H and O–H groups in total. The highest BCUT2D eigenvalue weighted by Gasteiger charge is 2.38. The van der Waals surface area contributed by atoms with Gasteiger partial charge in [0.15, 0.2) is 0 Å². The van der Waals surface area contributed by atoms with E-state index in [1.807, 2.05) is 0 Å². The fourth-order valence-corrected chi connectivity index (χ4v) is 4.55. The number of nitrogens with one attached hydrogen (secondary N) is 1. The Kier molecular flexibility index (Phi) is 4.07. The number of piperidine rings is 1. The van der Waals surface area contributed by atoms with Gasteiger partial charge in [0.05, 0.1) is 0 Å². The lowest BCUT2D eigenvalue weighted by atomic mass is 10.0. The summed E-state index contributed by atoms with van der Waals surface area (Å²) in [7, 11) is -3.33. The Labute approximate surface area is 104 Å². The summed E-state index contributed by atoms with van der Waals surface area (Å²) in [6.45, 7) is 1.70. The minimum atomic E-state index is -3.33. The summed E-state index contributed by atoms with van der Waals surface area (Å²) in [5.41, 5.74) is 5.38. The molecule has 1 saturated heterocycles. The third-order valence-electron chi connectivity index (χ3n) is 3.95. The molecule has 2 fully saturated rings. The molecule has 1 saturated carbocycles. The van der Waals surface area contributed by atoms with Gasteiger partial charge in [0.2, 0.25) is 0 Å². The Bertz CT molecular complexity index is 344. The number of hydrogen-bond acceptors (Lipinski definition) is 3. The van der Waals surface area contributed by atoms with Crippen LogP contribution >= 0.6 is 0 Å². The molecule has 0 spiro atoms. The fourth-order valence-electron chi connectivity index (χ4n) is 2.84. The van der Waals surface area contributed by atoms with E-state index in [1.54, 1.807) is 4.31 Å². The normalized spacial score (nSPS) is 26.2. The van der Waals surface area contributed by atoms with Gasteiger partial charge in [0, 0.05) is 25.2 Å². The molecule has 0 atom stereocenters. The van der Waals surface area contributed by atoms with Gasteiger partial charge >= 0.3 is 0 Å². The van der Waals surface area contributed by atoms with Gasteiger partial charge in [-0.3, -0.25) is 0 Å². The van der Waals surface area contributed by atoms with E-state index in [0.29, 0.717) is 19.6 Å². The van der Waals surface area contributed by atoms with Crippen LogP contribution in [0.1, 0.15) is 44.9 Å². The molecule has 17 heavy (non-hydrogen) atoms. The largest absolute Gasteiger partial charge is 0.329 e. The standard InChI is InChI=1S/C11H23N3O2S/c12-10-11(6-2-3-7-11)13-17(15,16)14-8-4-1-5-9-14/h13H,1-10,12H2. The molecule has 0 aromatic heterocycles. The maximum absolute atomic E-state index is 12.3. The molecular formula is C11H23N3O2S. The lowest BCUT2D eigenvalue weighted by Gasteiger charge is -2.33. The minimum Gasteiger partial charge on any atom is -0.329 e. The molecule has 0 bridgehead atoms. The molecule has 1 aliphatic carbocycles. The van der Waals surface area contributed by atoms with Crippen molar-refractivity contribution in [3.63, 3.8) is 0 Å². The Morgan fingerprint density at radius 2 is 1.65 bits per heavy atom. The number of nitrogens with zero attached hydrogens (tertiary/aromatic N) is 1. The molecule has 2 rings (SSSR count). The number of hydrogen-bond donors (Lipinski definition) is 2. The predicted octanol–water partition coefficient (Wildman–Crippen LogP) is 0.578. The third kappa shape index (κ3) is 2.99. The van der Waals surface area contributed by atoms with E-state index < -0.39 is 10.2 Å². The van der Waals surface area contributed by atoms with Gasteiger partial charge in [-0.15, -0.1) is 0 Å². The number of nitrogens with two attached hydrogens (primary N) is 1. The second kappa shape index (κ2) is 5.22. The van der Waals surface area contributed by atoms with E-state index in [0.717, 1.165) is 44.9 Å². The zero-order chi connectivity index (χ0) is 12.4. The Balaban J connectivity index is 2.05. The third-order valence-corrected chi connectivity index (χ3v) is 5.69. The molecule has 5 nitrogen and oxygen atoms in total. The first-order valence-electron chi connectivity index (χ1n) is 6.57. The van der Waals surface area contributed by atoms with Gasteiger partial charge in [-0.25, -0.2) is 0 Å². The van der Waals surface area contributed by atoms with Crippen LogP contribution in [-0.2, 0) is 10.2 Å². The molecule has 0 aromatic carbocycles. The van der Waals surface area contributed by atoms with Crippen LogP contribution in [0.25, 0.3) is 0 Å². The van der Waals surface area contributed by atoms with Crippen LogP contribution in [0.2, 0.25) is 0 Å². The van der Waals surface area contributed by atoms with E-state index in [1.165, 1.54) is 0 Å². The van der Waals surface area contributed by atoms with Crippen LogP contribution in [0.4, 0.5) is 0 Å². The summed E-state index contributed by atoms with van der Waals surface area (Å²) in [6, 6.07) is 0. The Hall–Kier alpha value is -0.170. The highest BCUT2D eigenvalue weighted by Crippen LogP contribution is 2.30. The molecule has 1 aliphatic heterocycles. The molecule has 100 valence electrons. The number of rotatable bonds is 4. The van der Waals surface area contributed by atoms with E-state index in [2.05, 4.69) is 4.72 Å². The fraction of sp³-hybridized carbons (Fsp3) is 1.00. The van der Waals surface area contributed by atoms with Crippen molar-refractivity contribution >= 4 is 10.2 Å². The topological polar surface area (TPSA) is 75.4 Å². The molecule has 0 aromatic rings. The summed E-state index contributed by atoms with van der Waals surface area (Å²) >= 11 is 0. The highest BCUT2D eigenvalue weighted by atomic mass is 32.2. The first-order valence-corrected chi connectivity index (χ1v) is 8.01.